The van der Waals surface area contributed by atoms with E-state index in [1.807, 2.05) is 30.3 Å². The predicted molar refractivity (Wildman–Crippen MR) is 120 cm³/mol. The molecular weight excluding hydrogens is 420 g/mol. The average Bonchev–Trinajstić information content (AvgIpc) is 2.76. The van der Waals surface area contributed by atoms with Gasteiger partial charge < -0.3 is 21.1 Å². The molecule has 3 aromatic rings. The SMILES string of the molecule is COC(=O)Nc1cc(Nc2ncc(C(N)=O)c(NCCc3ccccc3)n2)ccc1Cl. The number of nitrogens with zero attached hydrogens (tertiary/aromatic N) is 2. The normalized spacial score (nSPS) is 10.3. The molecule has 1 aromatic heterocycles. The van der Waals surface area contributed by atoms with Crippen molar-refractivity contribution < 1.29 is 14.3 Å². The molecule has 10 heteroatoms. The lowest BCUT2D eigenvalue weighted by atomic mass is 10.1. The molecule has 0 fully saturated rings. The summed E-state index contributed by atoms with van der Waals surface area (Å²) in [5.74, 6) is -0.0776. The zero-order chi connectivity index (χ0) is 22.2. The summed E-state index contributed by atoms with van der Waals surface area (Å²) >= 11 is 6.10. The highest BCUT2D eigenvalue weighted by Gasteiger charge is 2.13. The Morgan fingerprint density at radius 2 is 1.94 bits per heavy atom. The highest BCUT2D eigenvalue weighted by Crippen LogP contribution is 2.27. The van der Waals surface area contributed by atoms with Crippen molar-refractivity contribution in [1.29, 1.82) is 0 Å². The molecule has 3 rings (SSSR count). The molecule has 160 valence electrons. The summed E-state index contributed by atoms with van der Waals surface area (Å²) in [6.45, 7) is 0.550. The van der Waals surface area contributed by atoms with Gasteiger partial charge >= 0.3 is 6.09 Å². The Morgan fingerprint density at radius 1 is 1.16 bits per heavy atom. The van der Waals surface area contributed by atoms with E-state index in [9.17, 15) is 9.59 Å². The van der Waals surface area contributed by atoms with Gasteiger partial charge in [-0.05, 0) is 30.2 Å². The van der Waals surface area contributed by atoms with Gasteiger partial charge in [-0.25, -0.2) is 9.78 Å². The zero-order valence-corrected chi connectivity index (χ0v) is 17.4. The summed E-state index contributed by atoms with van der Waals surface area (Å²) in [7, 11) is 1.26. The summed E-state index contributed by atoms with van der Waals surface area (Å²) < 4.78 is 4.58. The molecule has 1 heterocycles. The summed E-state index contributed by atoms with van der Waals surface area (Å²) in [6.07, 6.45) is 1.45. The highest BCUT2D eigenvalue weighted by atomic mass is 35.5. The number of methoxy groups -OCH3 is 1. The Kier molecular flexibility index (Phi) is 7.23. The first-order valence-corrected chi connectivity index (χ1v) is 9.70. The molecule has 0 aliphatic heterocycles. The number of carbonyl (C=O) groups is 2. The largest absolute Gasteiger partial charge is 0.453 e. The Bertz CT molecular complexity index is 1080. The van der Waals surface area contributed by atoms with Gasteiger partial charge in [0.2, 0.25) is 5.95 Å². The molecule has 0 saturated heterocycles. The molecule has 9 nitrogen and oxygen atoms in total. The van der Waals surface area contributed by atoms with Crippen LogP contribution in [0.1, 0.15) is 15.9 Å². The average molecular weight is 441 g/mol. The van der Waals surface area contributed by atoms with Crippen LogP contribution in [0.2, 0.25) is 5.02 Å². The third-order valence-corrected chi connectivity index (χ3v) is 4.58. The number of hydrogen-bond donors (Lipinski definition) is 4. The number of amides is 2. The van der Waals surface area contributed by atoms with Crippen molar-refractivity contribution in [2.24, 2.45) is 5.73 Å². The molecule has 2 aromatic carbocycles. The molecule has 0 aliphatic rings. The Labute approximate surface area is 184 Å². The number of primary amides is 1. The van der Waals surface area contributed by atoms with Crippen molar-refractivity contribution in [1.82, 2.24) is 9.97 Å². The van der Waals surface area contributed by atoms with Crippen LogP contribution in [0.4, 0.5) is 27.9 Å². The monoisotopic (exact) mass is 440 g/mol. The van der Waals surface area contributed by atoms with Crippen LogP contribution in [-0.2, 0) is 11.2 Å². The number of aromatic nitrogens is 2. The second-order valence-corrected chi connectivity index (χ2v) is 6.83. The van der Waals surface area contributed by atoms with Crippen LogP contribution in [0.25, 0.3) is 0 Å². The fourth-order valence-corrected chi connectivity index (χ4v) is 2.88. The molecule has 0 radical (unpaired) electrons. The Morgan fingerprint density at radius 3 is 2.65 bits per heavy atom. The van der Waals surface area contributed by atoms with Gasteiger partial charge in [-0.3, -0.25) is 10.1 Å². The summed E-state index contributed by atoms with van der Waals surface area (Å²) in [5, 5.41) is 9.00. The van der Waals surface area contributed by atoms with E-state index in [1.54, 1.807) is 18.2 Å². The fraction of sp³-hybridized carbons (Fsp3) is 0.143. The van der Waals surface area contributed by atoms with Gasteiger partial charge in [0.05, 0.1) is 23.4 Å². The lowest BCUT2D eigenvalue weighted by Gasteiger charge is -2.13. The van der Waals surface area contributed by atoms with Crippen molar-refractivity contribution in [3.63, 3.8) is 0 Å². The van der Waals surface area contributed by atoms with Gasteiger partial charge in [0.1, 0.15) is 5.82 Å². The number of hydrogen-bond acceptors (Lipinski definition) is 7. The second-order valence-electron chi connectivity index (χ2n) is 6.42. The molecule has 5 N–H and O–H groups in total. The summed E-state index contributed by atoms with van der Waals surface area (Å²) in [6, 6.07) is 14.8. The number of halogens is 1. The maximum atomic E-state index is 11.8. The molecule has 0 atom stereocenters. The van der Waals surface area contributed by atoms with E-state index in [-0.39, 0.29) is 11.5 Å². The van der Waals surface area contributed by atoms with Crippen LogP contribution in [0.3, 0.4) is 0 Å². The van der Waals surface area contributed by atoms with Crippen LogP contribution in [-0.4, -0.2) is 35.6 Å². The number of nitrogens with one attached hydrogen (secondary N) is 3. The van der Waals surface area contributed by atoms with E-state index in [4.69, 9.17) is 17.3 Å². The minimum absolute atomic E-state index is 0.183. The topological polar surface area (TPSA) is 131 Å². The summed E-state index contributed by atoms with van der Waals surface area (Å²) in [4.78, 5) is 31.7. The lowest BCUT2D eigenvalue weighted by molar-refractivity contribution is 0.100. The van der Waals surface area contributed by atoms with Crippen LogP contribution < -0.4 is 21.7 Å². The van der Waals surface area contributed by atoms with Crippen molar-refractivity contribution in [2.75, 3.05) is 29.6 Å². The standard InChI is InChI=1S/C21H21ClN6O3/c1-31-21(30)27-17-11-14(7-8-16(17)22)26-20-25-12-15(18(23)29)19(28-20)24-10-9-13-5-3-2-4-6-13/h2-8,11-12H,9-10H2,1H3,(H2,23,29)(H,27,30)(H2,24,25,26,28). The van der Waals surface area contributed by atoms with Crippen molar-refractivity contribution in [3.05, 3.63) is 70.9 Å². The number of nitrogens with two attached hydrogens (primary N) is 1. The third-order valence-electron chi connectivity index (χ3n) is 4.25. The number of benzene rings is 2. The summed E-state index contributed by atoms with van der Waals surface area (Å²) in [5.41, 5.74) is 7.70. The maximum Gasteiger partial charge on any atom is 0.411 e. The molecule has 0 aliphatic carbocycles. The molecule has 0 spiro atoms. The van der Waals surface area contributed by atoms with E-state index in [0.29, 0.717) is 28.8 Å². The van der Waals surface area contributed by atoms with E-state index in [2.05, 4.69) is 30.7 Å². The molecule has 0 bridgehead atoms. The van der Waals surface area contributed by atoms with Crippen molar-refractivity contribution >= 4 is 46.7 Å². The number of rotatable bonds is 8. The quantitative estimate of drug-likeness (QED) is 0.418. The number of anilines is 4. The number of carbonyl (C=O) groups excluding carboxylic acids is 2. The third kappa shape index (κ3) is 6.06. The first-order valence-electron chi connectivity index (χ1n) is 9.32. The van der Waals surface area contributed by atoms with Crippen molar-refractivity contribution in [3.8, 4) is 0 Å². The minimum Gasteiger partial charge on any atom is -0.453 e. The van der Waals surface area contributed by atoms with Gasteiger partial charge in [-0.2, -0.15) is 4.98 Å². The molecule has 0 unspecified atom stereocenters. The van der Waals surface area contributed by atoms with E-state index in [0.717, 1.165) is 12.0 Å². The zero-order valence-electron chi connectivity index (χ0n) is 16.7. The van der Waals surface area contributed by atoms with Crippen LogP contribution in [0, 0.1) is 0 Å². The highest BCUT2D eigenvalue weighted by molar-refractivity contribution is 6.33. The second kappa shape index (κ2) is 10.3. The Balaban J connectivity index is 1.76. The van der Waals surface area contributed by atoms with E-state index in [1.165, 1.54) is 13.3 Å². The van der Waals surface area contributed by atoms with Gasteiger partial charge in [0.15, 0.2) is 0 Å². The van der Waals surface area contributed by atoms with Crippen LogP contribution in [0.5, 0.6) is 0 Å². The Hall–Kier alpha value is -3.85. The first kappa shape index (κ1) is 21.8. The van der Waals surface area contributed by atoms with E-state index >= 15 is 0 Å². The number of ether oxygens (including phenoxy) is 1. The maximum absolute atomic E-state index is 11.8. The van der Waals surface area contributed by atoms with Crippen LogP contribution >= 0.6 is 11.6 Å². The minimum atomic E-state index is -0.647. The lowest BCUT2D eigenvalue weighted by Crippen LogP contribution is -2.18. The molecular formula is C21H21ClN6O3. The molecule has 31 heavy (non-hydrogen) atoms. The van der Waals surface area contributed by atoms with Crippen LogP contribution in [0.15, 0.2) is 54.7 Å². The van der Waals surface area contributed by atoms with E-state index < -0.39 is 12.0 Å². The smallest absolute Gasteiger partial charge is 0.411 e. The van der Waals surface area contributed by atoms with Gasteiger partial charge in [0.25, 0.3) is 5.91 Å². The fourth-order valence-electron chi connectivity index (χ4n) is 2.72. The first-order chi connectivity index (χ1) is 15.0. The van der Waals surface area contributed by atoms with Gasteiger partial charge in [-0.15, -0.1) is 0 Å². The van der Waals surface area contributed by atoms with Gasteiger partial charge in [0, 0.05) is 18.4 Å². The molecule has 2 amide bonds. The van der Waals surface area contributed by atoms with Crippen molar-refractivity contribution in [2.45, 2.75) is 6.42 Å². The predicted octanol–water partition coefficient (Wildman–Crippen LogP) is 3.81. The van der Waals surface area contributed by atoms with Gasteiger partial charge in [-0.1, -0.05) is 41.9 Å². The molecule has 0 saturated carbocycles.